The van der Waals surface area contributed by atoms with Gasteiger partial charge in [-0.2, -0.15) is 4.89 Å². The minimum absolute atomic E-state index is 0.440. The Morgan fingerprint density at radius 2 is 1.88 bits per heavy atom. The molecule has 140 valence electrons. The summed E-state index contributed by atoms with van der Waals surface area (Å²) in [5, 5.41) is 20.1. The number of phosphoric acid groups is 1. The predicted octanol–water partition coefficient (Wildman–Crippen LogP) is 1.39. The lowest BCUT2D eigenvalue weighted by molar-refractivity contribution is -0.441. The zero-order valence-electron chi connectivity index (χ0n) is 12.0. The summed E-state index contributed by atoms with van der Waals surface area (Å²) in [6, 6.07) is 0. The lowest BCUT2D eigenvalue weighted by Gasteiger charge is -2.32. The number of carboxylic acids is 1. The standard InChI is InChI=1S/C8H15O13P3/c9-7(10)5-8(6-1-2-6,19-23(14,15)16)3-4-18-24(17,21-20-11)22(12)13/h6H,1-5H2,(H4-,9,10,11,12,13,14,15,16)/p+1. The molecule has 0 bridgehead atoms. The van der Waals surface area contributed by atoms with Crippen molar-refractivity contribution < 1.29 is 62.3 Å². The smallest absolute Gasteiger partial charge is 0.481 e. The number of carbonyl (C=O) groups is 1. The van der Waals surface area contributed by atoms with E-state index in [0.29, 0.717) is 12.8 Å². The molecule has 0 aromatic rings. The van der Waals surface area contributed by atoms with Crippen LogP contribution < -0.4 is 0 Å². The van der Waals surface area contributed by atoms with E-state index in [2.05, 4.69) is 18.8 Å². The Balaban J connectivity index is 2.89. The third-order valence-electron chi connectivity index (χ3n) is 3.19. The van der Waals surface area contributed by atoms with Gasteiger partial charge in [-0.15, -0.1) is 0 Å². The molecule has 0 heterocycles. The molecule has 3 unspecified atom stereocenters. The highest BCUT2D eigenvalue weighted by Crippen LogP contribution is 2.68. The lowest BCUT2D eigenvalue weighted by atomic mass is 9.90. The van der Waals surface area contributed by atoms with Gasteiger partial charge in [0.05, 0.1) is 18.6 Å². The van der Waals surface area contributed by atoms with Gasteiger partial charge in [0, 0.05) is 6.42 Å². The van der Waals surface area contributed by atoms with Gasteiger partial charge in [0.15, 0.2) is 0 Å². The molecule has 1 aliphatic carbocycles. The molecule has 1 saturated carbocycles. The van der Waals surface area contributed by atoms with Crippen LogP contribution in [0.4, 0.5) is 0 Å². The summed E-state index contributed by atoms with van der Waals surface area (Å²) in [4.78, 5) is 37.9. The Bertz CT molecular complexity index is 568. The fourth-order valence-electron chi connectivity index (χ4n) is 2.17. The Morgan fingerprint density at radius 1 is 1.29 bits per heavy atom. The van der Waals surface area contributed by atoms with E-state index in [9.17, 15) is 18.5 Å². The molecule has 1 rings (SSSR count). The molecule has 1 fully saturated rings. The molecule has 5 N–H and O–H groups in total. The highest BCUT2D eigenvalue weighted by atomic mass is 32.1. The van der Waals surface area contributed by atoms with Gasteiger partial charge in [-0.25, -0.2) is 14.4 Å². The molecular weight excluding hydrogens is 397 g/mol. The number of phosphoric ester groups is 1. The summed E-state index contributed by atoms with van der Waals surface area (Å²) in [5.41, 5.74) is -1.82. The number of rotatable bonds is 12. The molecule has 0 radical (unpaired) electrons. The van der Waals surface area contributed by atoms with Gasteiger partial charge in [-0.3, -0.25) is 13.8 Å². The molecule has 0 amide bonds. The van der Waals surface area contributed by atoms with Crippen LogP contribution in [0.15, 0.2) is 0 Å². The summed E-state index contributed by atoms with van der Waals surface area (Å²) >= 11 is 0. The SMILES string of the molecule is O=C(O)CC(CCOP(=O)(OOO)[P+](=O)O)(OP(=O)(O)O)C1CC1. The van der Waals surface area contributed by atoms with Gasteiger partial charge in [-0.1, -0.05) is 9.71 Å². The van der Waals surface area contributed by atoms with Gasteiger partial charge >= 0.3 is 28.8 Å². The van der Waals surface area contributed by atoms with E-state index < -0.39 is 59.8 Å². The van der Waals surface area contributed by atoms with E-state index in [0.717, 1.165) is 0 Å². The monoisotopic (exact) mass is 413 g/mol. The van der Waals surface area contributed by atoms with Crippen LogP contribution in [0.25, 0.3) is 0 Å². The summed E-state index contributed by atoms with van der Waals surface area (Å²) in [7, 11) is -13.4. The van der Waals surface area contributed by atoms with E-state index >= 15 is 0 Å². The molecular formula is C8H16O13P3+. The molecule has 16 heteroatoms. The molecule has 3 atom stereocenters. The number of hydrogen-bond donors (Lipinski definition) is 5. The molecule has 0 aliphatic heterocycles. The number of aliphatic carboxylic acids is 1. The molecule has 0 aromatic carbocycles. The fraction of sp³-hybridized carbons (Fsp3) is 0.875. The normalized spacial score (nSPS) is 20.9. The molecule has 24 heavy (non-hydrogen) atoms. The first-order chi connectivity index (χ1) is 10.9. The molecule has 0 saturated heterocycles. The van der Waals surface area contributed by atoms with Crippen molar-refractivity contribution in [3.05, 3.63) is 0 Å². The van der Waals surface area contributed by atoms with Crippen molar-refractivity contribution in [1.82, 2.24) is 0 Å². The van der Waals surface area contributed by atoms with Crippen LogP contribution in [-0.2, 0) is 37.2 Å². The maximum Gasteiger partial charge on any atom is 0.635 e. The summed E-state index contributed by atoms with van der Waals surface area (Å²) in [5.74, 6) is -1.90. The summed E-state index contributed by atoms with van der Waals surface area (Å²) < 4.78 is 46.7. The van der Waals surface area contributed by atoms with Crippen molar-refractivity contribution in [1.29, 1.82) is 0 Å². The van der Waals surface area contributed by atoms with Crippen LogP contribution in [0.5, 0.6) is 0 Å². The van der Waals surface area contributed by atoms with Gasteiger partial charge < -0.3 is 14.9 Å². The van der Waals surface area contributed by atoms with Gasteiger partial charge in [0.2, 0.25) is 0 Å². The third kappa shape index (κ3) is 6.55. The predicted molar refractivity (Wildman–Crippen MR) is 73.6 cm³/mol. The van der Waals surface area contributed by atoms with Crippen LogP contribution in [-0.4, -0.2) is 43.2 Å². The number of carboxylic acid groups (broad SMARTS) is 1. The van der Waals surface area contributed by atoms with Crippen molar-refractivity contribution in [3.8, 4) is 0 Å². The van der Waals surface area contributed by atoms with Gasteiger partial charge in [-0.05, 0) is 23.3 Å². The first kappa shape index (κ1) is 21.8. The van der Waals surface area contributed by atoms with E-state index in [1.807, 2.05) is 0 Å². The van der Waals surface area contributed by atoms with E-state index in [1.54, 1.807) is 0 Å². The topological polar surface area (TPSA) is 206 Å². The van der Waals surface area contributed by atoms with Crippen LogP contribution in [0.1, 0.15) is 25.7 Å². The minimum atomic E-state index is -5.06. The number of hydrogen-bond acceptors (Lipinski definition) is 9. The van der Waals surface area contributed by atoms with E-state index in [-0.39, 0.29) is 0 Å². The van der Waals surface area contributed by atoms with Crippen molar-refractivity contribution in [2.24, 2.45) is 5.92 Å². The largest absolute Gasteiger partial charge is 0.635 e. The highest BCUT2D eigenvalue weighted by Gasteiger charge is 2.54. The van der Waals surface area contributed by atoms with Gasteiger partial charge in [0.25, 0.3) is 0 Å². The first-order valence-corrected chi connectivity index (χ1v) is 11.3. The fourth-order valence-corrected chi connectivity index (χ4v) is 4.35. The second kappa shape index (κ2) is 8.39. The Labute approximate surface area is 135 Å². The Hall–Kier alpha value is -0.290. The molecule has 13 nitrogen and oxygen atoms in total. The van der Waals surface area contributed by atoms with E-state index in [4.69, 9.17) is 25.0 Å². The second-order valence-corrected chi connectivity index (χ2v) is 10.5. The average molecular weight is 413 g/mol. The maximum absolute atomic E-state index is 11.7. The third-order valence-corrected chi connectivity index (χ3v) is 6.78. The van der Waals surface area contributed by atoms with Crippen LogP contribution >= 0.6 is 22.8 Å². The molecule has 0 spiro atoms. The second-order valence-electron chi connectivity index (χ2n) is 4.95. The maximum atomic E-state index is 11.7. The van der Waals surface area contributed by atoms with Crippen LogP contribution in [0, 0.1) is 5.92 Å². The summed E-state index contributed by atoms with van der Waals surface area (Å²) in [6.07, 6.45) is -0.374. The van der Waals surface area contributed by atoms with Crippen LogP contribution in [0.2, 0.25) is 0 Å². The zero-order chi connectivity index (χ0) is 18.6. The van der Waals surface area contributed by atoms with Crippen molar-refractivity contribution in [2.45, 2.75) is 31.3 Å². The quantitative estimate of drug-likeness (QED) is 0.174. The van der Waals surface area contributed by atoms with Gasteiger partial charge in [0.1, 0.15) is 0 Å². The average Bonchev–Trinajstić information content (AvgIpc) is 3.20. The Kier molecular flexibility index (Phi) is 7.61. The minimum Gasteiger partial charge on any atom is -0.481 e. The molecule has 1 aliphatic rings. The first-order valence-electron chi connectivity index (χ1n) is 6.33. The van der Waals surface area contributed by atoms with Crippen molar-refractivity contribution >= 4 is 28.8 Å². The van der Waals surface area contributed by atoms with Crippen molar-refractivity contribution in [2.75, 3.05) is 6.61 Å². The Morgan fingerprint density at radius 3 is 2.25 bits per heavy atom. The summed E-state index contributed by atoms with van der Waals surface area (Å²) in [6.45, 7) is -0.716. The van der Waals surface area contributed by atoms with Crippen LogP contribution in [0.3, 0.4) is 0 Å². The van der Waals surface area contributed by atoms with E-state index in [1.165, 1.54) is 0 Å². The lowest BCUT2D eigenvalue weighted by Crippen LogP contribution is -2.38. The van der Waals surface area contributed by atoms with Crippen molar-refractivity contribution in [3.63, 3.8) is 0 Å². The highest BCUT2D eigenvalue weighted by molar-refractivity contribution is 8.20. The zero-order valence-corrected chi connectivity index (χ0v) is 14.6. The molecule has 0 aromatic heterocycles.